The van der Waals surface area contributed by atoms with E-state index in [1.807, 2.05) is 0 Å². The third kappa shape index (κ3) is 13.3. The maximum atomic E-state index is 5.63. The second-order valence-electron chi connectivity index (χ2n) is 10.0. The van der Waals surface area contributed by atoms with Gasteiger partial charge >= 0.3 is 0 Å². The summed E-state index contributed by atoms with van der Waals surface area (Å²) in [7, 11) is 0. The van der Waals surface area contributed by atoms with Gasteiger partial charge in [0.2, 0.25) is 17.8 Å². The molecule has 0 unspecified atom stereocenters. The fourth-order valence-corrected chi connectivity index (χ4v) is 4.58. The summed E-state index contributed by atoms with van der Waals surface area (Å²) in [6.07, 6.45) is 8.36. The Balaban J connectivity index is 1.56. The van der Waals surface area contributed by atoms with Gasteiger partial charge in [-0.1, -0.05) is 99.7 Å². The highest BCUT2D eigenvalue weighted by Gasteiger charge is 2.14. The van der Waals surface area contributed by atoms with Crippen molar-refractivity contribution in [3.63, 3.8) is 0 Å². The number of benzene rings is 2. The first kappa shape index (κ1) is 32.2. The number of anilines is 3. The first-order valence-corrected chi connectivity index (χ1v) is 15.2. The van der Waals surface area contributed by atoms with Crippen LogP contribution in [0.15, 0.2) is 60.7 Å². The molecule has 0 atom stereocenters. The predicted octanol–water partition coefficient (Wildman–Crippen LogP) is 5.68. The number of hydrogen-bond donors (Lipinski definition) is 4. The Morgan fingerprint density at radius 3 is 1.71 bits per heavy atom. The highest BCUT2D eigenvalue weighted by atomic mass is 16.5. The number of nitrogens with zero attached hydrogens (tertiary/aromatic N) is 3. The molecule has 9 nitrogen and oxygen atoms in total. The van der Waals surface area contributed by atoms with E-state index in [-0.39, 0.29) is 5.92 Å². The van der Waals surface area contributed by atoms with Crippen LogP contribution in [0.4, 0.5) is 17.8 Å². The van der Waals surface area contributed by atoms with E-state index in [4.69, 9.17) is 15.2 Å². The number of aromatic nitrogens is 3. The highest BCUT2D eigenvalue weighted by molar-refractivity contribution is 5.42. The van der Waals surface area contributed by atoms with Crippen molar-refractivity contribution in [2.24, 2.45) is 5.73 Å². The van der Waals surface area contributed by atoms with E-state index in [9.17, 15) is 0 Å². The molecule has 41 heavy (non-hydrogen) atoms. The Hall–Kier alpha value is -3.27. The molecular formula is C32H49N7O2. The van der Waals surface area contributed by atoms with Crippen molar-refractivity contribution >= 4 is 17.8 Å². The fourth-order valence-electron chi connectivity index (χ4n) is 4.58. The van der Waals surface area contributed by atoms with E-state index in [1.54, 1.807) is 0 Å². The fraction of sp³-hybridized carbons (Fsp3) is 0.531. The van der Waals surface area contributed by atoms with Gasteiger partial charge in [0.15, 0.2) is 0 Å². The molecule has 1 heterocycles. The van der Waals surface area contributed by atoms with E-state index < -0.39 is 0 Å². The number of rotatable bonds is 23. The van der Waals surface area contributed by atoms with E-state index in [2.05, 4.69) is 98.5 Å². The van der Waals surface area contributed by atoms with Crippen LogP contribution < -0.4 is 21.7 Å². The molecule has 3 rings (SSSR count). The van der Waals surface area contributed by atoms with E-state index in [0.717, 1.165) is 25.9 Å². The van der Waals surface area contributed by atoms with Crippen molar-refractivity contribution in [3.8, 4) is 0 Å². The lowest BCUT2D eigenvalue weighted by Gasteiger charge is -2.19. The van der Waals surface area contributed by atoms with Crippen LogP contribution in [0.3, 0.4) is 0 Å². The molecule has 0 radical (unpaired) electrons. The summed E-state index contributed by atoms with van der Waals surface area (Å²) >= 11 is 0. The maximum absolute atomic E-state index is 5.63. The largest absolute Gasteiger partial charge is 0.378 e. The minimum absolute atomic E-state index is 0.278. The minimum atomic E-state index is 0.278. The van der Waals surface area contributed by atoms with Crippen molar-refractivity contribution in [3.05, 3.63) is 71.8 Å². The topological polar surface area (TPSA) is 119 Å². The van der Waals surface area contributed by atoms with Crippen LogP contribution in [-0.2, 0) is 9.47 Å². The molecule has 0 aliphatic carbocycles. The standard InChI is InChI=1S/C32H49N7O2/c1-2-3-4-5-6-13-20-34-30-37-31(39-32(38-30)36-22-24-41-26-25-40-23-19-33)35-21-18-29(27-14-9-7-10-15-27)28-16-11-8-12-17-28/h7-12,14-17,29H,2-6,13,18-26,33H2,1H3,(H3,34,35,36,37,38,39). The molecule has 2 aromatic carbocycles. The van der Waals surface area contributed by atoms with Crippen molar-refractivity contribution in [2.45, 2.75) is 57.8 Å². The molecule has 0 saturated heterocycles. The molecule has 0 spiro atoms. The molecule has 0 fully saturated rings. The predicted molar refractivity (Wildman–Crippen MR) is 169 cm³/mol. The lowest BCUT2D eigenvalue weighted by Crippen LogP contribution is -2.18. The van der Waals surface area contributed by atoms with Crippen molar-refractivity contribution in [1.82, 2.24) is 15.0 Å². The second-order valence-corrected chi connectivity index (χ2v) is 10.0. The second kappa shape index (κ2) is 20.6. The van der Waals surface area contributed by atoms with Gasteiger partial charge in [0.1, 0.15) is 0 Å². The van der Waals surface area contributed by atoms with Crippen molar-refractivity contribution in [2.75, 3.05) is 68.6 Å². The normalized spacial score (nSPS) is 11.1. The van der Waals surface area contributed by atoms with Crippen LogP contribution in [0, 0.1) is 0 Å². The highest BCUT2D eigenvalue weighted by Crippen LogP contribution is 2.27. The smallest absolute Gasteiger partial charge is 0.229 e. The quantitative estimate of drug-likeness (QED) is 0.108. The molecule has 3 aromatic rings. The molecule has 0 bridgehead atoms. The number of nitrogens with one attached hydrogen (secondary N) is 3. The summed E-state index contributed by atoms with van der Waals surface area (Å²) in [5, 5.41) is 10.1. The zero-order valence-electron chi connectivity index (χ0n) is 24.7. The van der Waals surface area contributed by atoms with Crippen LogP contribution >= 0.6 is 0 Å². The Morgan fingerprint density at radius 1 is 0.610 bits per heavy atom. The zero-order chi connectivity index (χ0) is 28.8. The molecular weight excluding hydrogens is 514 g/mol. The van der Waals surface area contributed by atoms with Crippen LogP contribution in [-0.4, -0.2) is 67.6 Å². The lowest BCUT2D eigenvalue weighted by molar-refractivity contribution is 0.0547. The van der Waals surface area contributed by atoms with Gasteiger partial charge in [-0.3, -0.25) is 0 Å². The van der Waals surface area contributed by atoms with E-state index in [1.165, 1.54) is 43.2 Å². The molecule has 0 saturated carbocycles. The van der Waals surface area contributed by atoms with Crippen LogP contribution in [0.1, 0.15) is 68.9 Å². The first-order valence-electron chi connectivity index (χ1n) is 15.2. The van der Waals surface area contributed by atoms with E-state index >= 15 is 0 Å². The number of ether oxygens (including phenoxy) is 2. The maximum Gasteiger partial charge on any atom is 0.229 e. The van der Waals surface area contributed by atoms with Gasteiger partial charge in [0, 0.05) is 32.1 Å². The SMILES string of the molecule is CCCCCCCCNc1nc(NCCOCCOCCN)nc(NCCC(c2ccccc2)c2ccccc2)n1. The number of nitrogens with two attached hydrogens (primary N) is 1. The van der Waals surface area contributed by atoms with Gasteiger partial charge in [0.05, 0.1) is 26.4 Å². The molecule has 9 heteroatoms. The minimum Gasteiger partial charge on any atom is -0.378 e. The van der Waals surface area contributed by atoms with Crippen molar-refractivity contribution in [1.29, 1.82) is 0 Å². The Bertz CT molecular complexity index is 1020. The van der Waals surface area contributed by atoms with Gasteiger partial charge < -0.3 is 31.2 Å². The average molecular weight is 564 g/mol. The van der Waals surface area contributed by atoms with Gasteiger partial charge in [0.25, 0.3) is 0 Å². The summed E-state index contributed by atoms with van der Waals surface area (Å²) in [5.41, 5.74) is 8.03. The summed E-state index contributed by atoms with van der Waals surface area (Å²) < 4.78 is 11.0. The van der Waals surface area contributed by atoms with Gasteiger partial charge in [-0.05, 0) is 24.0 Å². The molecule has 0 amide bonds. The van der Waals surface area contributed by atoms with Crippen molar-refractivity contribution < 1.29 is 9.47 Å². The summed E-state index contributed by atoms with van der Waals surface area (Å²) in [6, 6.07) is 21.3. The van der Waals surface area contributed by atoms with Gasteiger partial charge in [-0.2, -0.15) is 15.0 Å². The zero-order valence-corrected chi connectivity index (χ0v) is 24.7. The molecule has 0 aliphatic rings. The lowest BCUT2D eigenvalue weighted by atomic mass is 9.88. The third-order valence-electron chi connectivity index (χ3n) is 6.73. The molecule has 0 aliphatic heterocycles. The Labute approximate surface area is 246 Å². The van der Waals surface area contributed by atoms with Gasteiger partial charge in [-0.25, -0.2) is 0 Å². The number of hydrogen-bond acceptors (Lipinski definition) is 9. The molecule has 224 valence electrons. The summed E-state index contributed by atoms with van der Waals surface area (Å²) in [6.45, 7) is 7.05. The summed E-state index contributed by atoms with van der Waals surface area (Å²) in [4.78, 5) is 13.9. The average Bonchev–Trinajstić information content (AvgIpc) is 3.01. The Morgan fingerprint density at radius 2 is 1.12 bits per heavy atom. The number of unbranched alkanes of at least 4 members (excludes halogenated alkanes) is 5. The summed E-state index contributed by atoms with van der Waals surface area (Å²) in [5.74, 6) is 1.94. The molecule has 5 N–H and O–H groups in total. The van der Waals surface area contributed by atoms with Gasteiger partial charge in [-0.15, -0.1) is 0 Å². The van der Waals surface area contributed by atoms with Crippen LogP contribution in [0.25, 0.3) is 0 Å². The first-order chi connectivity index (χ1) is 20.3. The third-order valence-corrected chi connectivity index (χ3v) is 6.73. The van der Waals surface area contributed by atoms with Crippen LogP contribution in [0.2, 0.25) is 0 Å². The Kier molecular flexibility index (Phi) is 16.2. The monoisotopic (exact) mass is 563 g/mol. The molecule has 1 aromatic heterocycles. The van der Waals surface area contributed by atoms with Crippen LogP contribution in [0.5, 0.6) is 0 Å². The van der Waals surface area contributed by atoms with E-state index in [0.29, 0.717) is 57.4 Å².